The van der Waals surface area contributed by atoms with Gasteiger partial charge in [0.25, 0.3) is 5.91 Å². The Labute approximate surface area is 144 Å². The molecule has 0 saturated heterocycles. The summed E-state index contributed by atoms with van der Waals surface area (Å²) in [7, 11) is -1.00. The Hall–Kier alpha value is -1.53. The maximum Gasteiger partial charge on any atom is 0.492 e. The predicted octanol–water partition coefficient (Wildman–Crippen LogP) is 3.20. The molecule has 3 rings (SSSR count). The summed E-state index contributed by atoms with van der Waals surface area (Å²) >= 11 is 11.9. The monoisotopic (exact) mass is 349 g/mol. The van der Waals surface area contributed by atoms with E-state index in [1.165, 1.54) is 6.07 Å². The maximum atomic E-state index is 12.3. The molecular weight excluding hydrogens is 336 g/mol. The fraction of sp³-hybridized carbons (Fsp3) is 0.188. The van der Waals surface area contributed by atoms with Gasteiger partial charge >= 0.3 is 7.12 Å². The van der Waals surface area contributed by atoms with Gasteiger partial charge in [-0.05, 0) is 55.2 Å². The first-order valence-corrected chi connectivity index (χ1v) is 7.80. The van der Waals surface area contributed by atoms with Gasteiger partial charge in [-0.15, -0.1) is 0 Å². The highest BCUT2D eigenvalue weighted by Gasteiger charge is 2.40. The van der Waals surface area contributed by atoms with Crippen LogP contribution in [0.1, 0.15) is 29.8 Å². The number of hydrogen-bond acceptors (Lipinski definition) is 3. The molecule has 1 aliphatic heterocycles. The average molecular weight is 350 g/mol. The van der Waals surface area contributed by atoms with Crippen molar-refractivity contribution in [1.29, 1.82) is 0 Å². The van der Waals surface area contributed by atoms with Crippen LogP contribution in [0.3, 0.4) is 0 Å². The van der Waals surface area contributed by atoms with E-state index in [0.717, 1.165) is 5.56 Å². The SMILES string of the molecule is CC1(C)OB(O)c2cc(NC(=O)c3ccc(Cl)cc3Cl)ccc21. The van der Waals surface area contributed by atoms with Crippen LogP contribution in [0, 0.1) is 0 Å². The molecular formula is C16H14BCl2NO3. The van der Waals surface area contributed by atoms with Crippen molar-refractivity contribution in [2.75, 3.05) is 5.32 Å². The molecule has 7 heteroatoms. The summed E-state index contributed by atoms with van der Waals surface area (Å²) in [4.78, 5) is 12.3. The van der Waals surface area contributed by atoms with Crippen LogP contribution in [0.15, 0.2) is 36.4 Å². The first-order chi connectivity index (χ1) is 10.8. The number of anilines is 1. The summed E-state index contributed by atoms with van der Waals surface area (Å²) in [5.74, 6) is -0.348. The summed E-state index contributed by atoms with van der Waals surface area (Å²) in [6, 6.07) is 9.99. The van der Waals surface area contributed by atoms with Gasteiger partial charge in [-0.3, -0.25) is 4.79 Å². The summed E-state index contributed by atoms with van der Waals surface area (Å²) in [5.41, 5.74) is 1.87. The highest BCUT2D eigenvalue weighted by molar-refractivity contribution is 6.62. The van der Waals surface area contributed by atoms with Crippen LogP contribution in [0.4, 0.5) is 5.69 Å². The molecule has 0 unspecified atom stereocenters. The van der Waals surface area contributed by atoms with Gasteiger partial charge in [0.2, 0.25) is 0 Å². The third kappa shape index (κ3) is 3.10. The third-order valence-electron chi connectivity index (χ3n) is 3.81. The van der Waals surface area contributed by atoms with E-state index in [1.54, 1.807) is 24.3 Å². The van der Waals surface area contributed by atoms with Crippen LogP contribution in [-0.4, -0.2) is 18.0 Å². The second kappa shape index (κ2) is 5.84. The molecule has 0 radical (unpaired) electrons. The number of benzene rings is 2. The van der Waals surface area contributed by atoms with E-state index in [0.29, 0.717) is 21.7 Å². The number of amides is 1. The Morgan fingerprint density at radius 3 is 2.65 bits per heavy atom. The van der Waals surface area contributed by atoms with Gasteiger partial charge in [0.15, 0.2) is 0 Å². The Kier molecular flexibility index (Phi) is 4.15. The lowest BCUT2D eigenvalue weighted by Crippen LogP contribution is -2.29. The summed E-state index contributed by atoms with van der Waals surface area (Å²) in [6.07, 6.45) is 0. The first kappa shape index (κ1) is 16.3. The number of hydrogen-bond donors (Lipinski definition) is 2. The van der Waals surface area contributed by atoms with E-state index < -0.39 is 12.7 Å². The highest BCUT2D eigenvalue weighted by atomic mass is 35.5. The van der Waals surface area contributed by atoms with Crippen molar-refractivity contribution in [3.63, 3.8) is 0 Å². The van der Waals surface area contributed by atoms with Gasteiger partial charge in [0, 0.05) is 10.7 Å². The number of carbonyl (C=O) groups is 1. The molecule has 0 aromatic heterocycles. The molecule has 0 fully saturated rings. The Balaban J connectivity index is 1.87. The van der Waals surface area contributed by atoms with Gasteiger partial charge in [-0.2, -0.15) is 0 Å². The normalized spacial score (nSPS) is 15.4. The minimum Gasteiger partial charge on any atom is -0.423 e. The van der Waals surface area contributed by atoms with E-state index in [9.17, 15) is 9.82 Å². The van der Waals surface area contributed by atoms with Gasteiger partial charge < -0.3 is 15.0 Å². The van der Waals surface area contributed by atoms with Crippen molar-refractivity contribution in [2.24, 2.45) is 0 Å². The van der Waals surface area contributed by atoms with E-state index >= 15 is 0 Å². The smallest absolute Gasteiger partial charge is 0.423 e. The largest absolute Gasteiger partial charge is 0.492 e. The number of fused-ring (bicyclic) bond motifs is 1. The zero-order valence-corrected chi connectivity index (χ0v) is 14.1. The average Bonchev–Trinajstić information content (AvgIpc) is 2.68. The van der Waals surface area contributed by atoms with Crippen molar-refractivity contribution in [2.45, 2.75) is 19.4 Å². The maximum absolute atomic E-state index is 12.3. The van der Waals surface area contributed by atoms with Crippen molar-refractivity contribution in [1.82, 2.24) is 0 Å². The minimum atomic E-state index is -1.00. The second-order valence-electron chi connectivity index (χ2n) is 5.86. The van der Waals surface area contributed by atoms with Crippen LogP contribution < -0.4 is 10.8 Å². The van der Waals surface area contributed by atoms with E-state index in [1.807, 2.05) is 19.9 Å². The Morgan fingerprint density at radius 1 is 1.22 bits per heavy atom. The summed E-state index contributed by atoms with van der Waals surface area (Å²) in [6.45, 7) is 3.77. The molecule has 0 saturated carbocycles. The van der Waals surface area contributed by atoms with Crippen LogP contribution >= 0.6 is 23.2 Å². The van der Waals surface area contributed by atoms with Gasteiger partial charge in [0.1, 0.15) is 0 Å². The van der Waals surface area contributed by atoms with Crippen LogP contribution in [0.5, 0.6) is 0 Å². The second-order valence-corrected chi connectivity index (χ2v) is 6.70. The Bertz CT molecular complexity index is 795. The number of nitrogens with one attached hydrogen (secondary N) is 1. The van der Waals surface area contributed by atoms with Crippen LogP contribution in [-0.2, 0) is 10.3 Å². The number of rotatable bonds is 2. The van der Waals surface area contributed by atoms with Gasteiger partial charge in [0.05, 0.1) is 16.2 Å². The molecule has 1 heterocycles. The molecule has 2 aromatic carbocycles. The molecule has 0 atom stereocenters. The fourth-order valence-corrected chi connectivity index (χ4v) is 3.17. The first-order valence-electron chi connectivity index (χ1n) is 7.04. The third-order valence-corrected chi connectivity index (χ3v) is 4.35. The minimum absolute atomic E-state index is 0.278. The number of halogens is 2. The lowest BCUT2D eigenvalue weighted by Gasteiger charge is -2.19. The topological polar surface area (TPSA) is 58.6 Å². The number of carbonyl (C=O) groups excluding carboxylic acids is 1. The van der Waals surface area contributed by atoms with E-state index in [4.69, 9.17) is 27.9 Å². The molecule has 2 aromatic rings. The van der Waals surface area contributed by atoms with Crippen molar-refractivity contribution < 1.29 is 14.5 Å². The highest BCUT2D eigenvalue weighted by Crippen LogP contribution is 2.31. The van der Waals surface area contributed by atoms with Crippen molar-refractivity contribution in [3.05, 3.63) is 57.6 Å². The van der Waals surface area contributed by atoms with Crippen molar-refractivity contribution >= 4 is 47.4 Å². The standard InChI is InChI=1S/C16H14BCl2NO3/c1-16(2)12-6-4-10(8-13(12)17(22)23-16)20-15(21)11-5-3-9(18)7-14(11)19/h3-8,22H,1-2H3,(H,20,21). The molecule has 1 amide bonds. The molecule has 0 bridgehead atoms. The molecule has 1 aliphatic rings. The lowest BCUT2D eigenvalue weighted by atomic mass is 9.78. The zero-order valence-electron chi connectivity index (χ0n) is 12.6. The Morgan fingerprint density at radius 2 is 1.96 bits per heavy atom. The zero-order chi connectivity index (χ0) is 16.8. The van der Waals surface area contributed by atoms with Crippen LogP contribution in [0.25, 0.3) is 0 Å². The molecule has 4 nitrogen and oxygen atoms in total. The molecule has 23 heavy (non-hydrogen) atoms. The lowest BCUT2D eigenvalue weighted by molar-refractivity contribution is 0.101. The fourth-order valence-electron chi connectivity index (χ4n) is 2.67. The summed E-state index contributed by atoms with van der Waals surface area (Å²) in [5, 5.41) is 13.5. The molecule has 0 spiro atoms. The van der Waals surface area contributed by atoms with Crippen molar-refractivity contribution in [3.8, 4) is 0 Å². The van der Waals surface area contributed by atoms with Gasteiger partial charge in [-0.1, -0.05) is 29.3 Å². The molecule has 2 N–H and O–H groups in total. The molecule has 118 valence electrons. The quantitative estimate of drug-likeness (QED) is 0.818. The molecule has 0 aliphatic carbocycles. The summed E-state index contributed by atoms with van der Waals surface area (Å²) < 4.78 is 5.50. The van der Waals surface area contributed by atoms with E-state index in [-0.39, 0.29) is 10.9 Å². The van der Waals surface area contributed by atoms with E-state index in [2.05, 4.69) is 5.32 Å². The van der Waals surface area contributed by atoms with Gasteiger partial charge in [-0.25, -0.2) is 0 Å². The van der Waals surface area contributed by atoms with Crippen LogP contribution in [0.2, 0.25) is 10.0 Å². The predicted molar refractivity (Wildman–Crippen MR) is 92.6 cm³/mol.